The molecule has 3 aliphatic heterocycles. The highest BCUT2D eigenvalue weighted by Crippen LogP contribution is 2.59. The summed E-state index contributed by atoms with van der Waals surface area (Å²) in [5.74, 6) is -2.24. The Morgan fingerprint density at radius 2 is 1.70 bits per heavy atom. The highest BCUT2D eigenvalue weighted by Gasteiger charge is 2.55. The van der Waals surface area contributed by atoms with Crippen molar-refractivity contribution in [2.24, 2.45) is 22.2 Å². The first-order chi connectivity index (χ1) is 26.0. The molecule has 2 amide bonds. The Hall–Kier alpha value is -4.90. The number of carbonyl (C=O) groups is 2. The topological polar surface area (TPSA) is 112 Å². The Bertz CT molecular complexity index is 2260. The molecule has 2 saturated heterocycles. The van der Waals surface area contributed by atoms with Crippen LogP contribution in [0.3, 0.4) is 0 Å². The molecule has 4 aromatic rings. The van der Waals surface area contributed by atoms with Gasteiger partial charge in [0.1, 0.15) is 11.9 Å². The fourth-order valence-corrected chi connectivity index (χ4v) is 9.99. The lowest BCUT2D eigenvalue weighted by molar-refractivity contribution is -0.135. The number of aromatic nitrogens is 2. The number of piperidine rings is 1. The van der Waals surface area contributed by atoms with Crippen LogP contribution < -0.4 is 10.6 Å². The van der Waals surface area contributed by atoms with Crippen molar-refractivity contribution in [1.29, 1.82) is 0 Å². The molecule has 2 bridgehead atoms. The standard InChI is InChI=1S/C43H44F2N6O3/c1-22(2)37(50-41(53)54-3)40(52)51-21-42(12-13-42)19-36(51)39-46-20-35(49-39)25-6-10-30-29-9-5-24(16-31(29)43(44,45)32(30)17-25)23-7-11-33-27(14-23)18-34(48-33)38-26-4-8-28(15-26)47-38/h5-7,9-11,14,16-17,20,22,26,28,36-38,47H,4,8,12-13,15,18-19,21H2,1-3H3,(H,46,49)(H,50,53). The number of halogens is 2. The lowest BCUT2D eigenvalue weighted by atomic mass is 9.92. The molecular weight excluding hydrogens is 687 g/mol. The predicted molar refractivity (Wildman–Crippen MR) is 202 cm³/mol. The van der Waals surface area contributed by atoms with Gasteiger partial charge in [0, 0.05) is 47.5 Å². The molecule has 5 unspecified atom stereocenters. The summed E-state index contributed by atoms with van der Waals surface area (Å²) >= 11 is 0. The Kier molecular flexibility index (Phi) is 7.51. The van der Waals surface area contributed by atoms with Crippen molar-refractivity contribution in [1.82, 2.24) is 25.5 Å². The average Bonchev–Trinajstić information content (AvgIpc) is 3.83. The van der Waals surface area contributed by atoms with E-state index < -0.39 is 18.1 Å². The van der Waals surface area contributed by atoms with Crippen LogP contribution in [0.25, 0.3) is 33.5 Å². The number of alkyl halides is 2. The fourth-order valence-electron chi connectivity index (χ4n) is 9.99. The maximum atomic E-state index is 16.4. The average molecular weight is 731 g/mol. The third kappa shape index (κ3) is 5.33. The molecule has 6 aliphatic rings. The van der Waals surface area contributed by atoms with E-state index in [4.69, 9.17) is 14.7 Å². The smallest absolute Gasteiger partial charge is 0.407 e. The molecule has 4 fully saturated rings. The second kappa shape index (κ2) is 12.1. The normalized spacial score (nSPS) is 25.4. The van der Waals surface area contributed by atoms with Crippen molar-refractivity contribution in [3.8, 4) is 33.5 Å². The van der Waals surface area contributed by atoms with Gasteiger partial charge in [-0.15, -0.1) is 0 Å². The minimum atomic E-state index is -3.19. The van der Waals surface area contributed by atoms with Crippen molar-refractivity contribution in [2.45, 2.75) is 88.9 Å². The Morgan fingerprint density at radius 1 is 0.981 bits per heavy atom. The first-order valence-electron chi connectivity index (χ1n) is 19.3. The maximum Gasteiger partial charge on any atom is 0.407 e. The van der Waals surface area contributed by atoms with Gasteiger partial charge in [-0.1, -0.05) is 44.2 Å². The van der Waals surface area contributed by atoms with E-state index in [9.17, 15) is 9.59 Å². The van der Waals surface area contributed by atoms with Crippen LogP contribution in [0.2, 0.25) is 0 Å². The van der Waals surface area contributed by atoms with Crippen molar-refractivity contribution < 1.29 is 23.1 Å². The molecule has 4 heterocycles. The van der Waals surface area contributed by atoms with Crippen LogP contribution in [0.4, 0.5) is 19.3 Å². The first kappa shape index (κ1) is 33.7. The van der Waals surface area contributed by atoms with Gasteiger partial charge in [-0.05, 0) is 108 Å². The van der Waals surface area contributed by atoms with E-state index >= 15 is 8.78 Å². The molecule has 3 aromatic carbocycles. The molecule has 3 N–H and O–H groups in total. The van der Waals surface area contributed by atoms with Gasteiger partial charge < -0.3 is 25.3 Å². The number of benzene rings is 3. The minimum absolute atomic E-state index is 0.0104. The summed E-state index contributed by atoms with van der Waals surface area (Å²) in [5, 5.41) is 6.47. The number of hydrogen-bond acceptors (Lipinski definition) is 6. The number of nitrogens with one attached hydrogen (secondary N) is 3. The second-order valence-electron chi connectivity index (χ2n) is 16.9. The zero-order valence-electron chi connectivity index (χ0n) is 30.7. The van der Waals surface area contributed by atoms with Crippen molar-refractivity contribution in [3.63, 3.8) is 0 Å². The molecular formula is C43H44F2N6O3. The van der Waals surface area contributed by atoms with Crippen LogP contribution >= 0.6 is 0 Å². The molecule has 278 valence electrons. The number of imidazole rings is 1. The molecule has 10 rings (SSSR count). The first-order valence-corrected chi connectivity index (χ1v) is 19.3. The summed E-state index contributed by atoms with van der Waals surface area (Å²) in [7, 11) is 1.28. The summed E-state index contributed by atoms with van der Waals surface area (Å²) < 4.78 is 37.7. The molecule has 2 saturated carbocycles. The Balaban J connectivity index is 0.896. The van der Waals surface area contributed by atoms with Gasteiger partial charge in [0.25, 0.3) is 5.92 Å². The predicted octanol–water partition coefficient (Wildman–Crippen LogP) is 8.07. The quantitative estimate of drug-likeness (QED) is 0.178. The molecule has 0 radical (unpaired) electrons. The fraction of sp³-hybridized carbons (Fsp3) is 0.442. The lowest BCUT2D eigenvalue weighted by Crippen LogP contribution is -2.51. The number of hydrogen-bond donors (Lipinski definition) is 3. The summed E-state index contributed by atoms with van der Waals surface area (Å²) in [6.45, 7) is 4.36. The van der Waals surface area contributed by atoms with Crippen LogP contribution in [0.5, 0.6) is 0 Å². The SMILES string of the molecule is COC(=O)NC(C(=O)N1CC2(CC2)CC1c1ncc(-c2ccc3c(c2)C(F)(F)c2cc(-c4ccc5c(c4)CC(C4NC6CCC4C6)=N5)ccc2-3)[nH]1)C(C)C. The highest BCUT2D eigenvalue weighted by molar-refractivity contribution is 5.99. The summed E-state index contributed by atoms with van der Waals surface area (Å²) in [6.07, 6.45) is 8.38. The minimum Gasteiger partial charge on any atom is -0.453 e. The van der Waals surface area contributed by atoms with E-state index in [0.717, 1.165) is 48.1 Å². The van der Waals surface area contributed by atoms with Gasteiger partial charge in [0.05, 0.1) is 30.7 Å². The Labute approximate surface area is 313 Å². The van der Waals surface area contributed by atoms with Gasteiger partial charge in [-0.25, -0.2) is 9.78 Å². The molecule has 54 heavy (non-hydrogen) atoms. The molecule has 1 aromatic heterocycles. The largest absolute Gasteiger partial charge is 0.453 e. The number of carbonyl (C=O) groups excluding carboxylic acids is 2. The van der Waals surface area contributed by atoms with Gasteiger partial charge in [-0.2, -0.15) is 8.78 Å². The zero-order valence-corrected chi connectivity index (χ0v) is 30.7. The molecule has 9 nitrogen and oxygen atoms in total. The number of methoxy groups -OCH3 is 1. The molecule has 3 aliphatic carbocycles. The van der Waals surface area contributed by atoms with Crippen LogP contribution in [0.15, 0.2) is 65.8 Å². The summed E-state index contributed by atoms with van der Waals surface area (Å²) in [6, 6.07) is 16.7. The number of alkyl carbamates (subject to hydrolysis) is 1. The zero-order chi connectivity index (χ0) is 37.1. The van der Waals surface area contributed by atoms with E-state index in [1.807, 2.05) is 49.1 Å². The number of likely N-dealkylation sites (tertiary alicyclic amines) is 1. The van der Waals surface area contributed by atoms with Crippen molar-refractivity contribution >= 4 is 23.4 Å². The molecule has 11 heteroatoms. The van der Waals surface area contributed by atoms with Crippen LogP contribution in [-0.4, -0.2) is 64.4 Å². The molecule has 1 spiro atoms. The van der Waals surface area contributed by atoms with Crippen molar-refractivity contribution in [3.05, 3.63) is 83.3 Å². The third-order valence-electron chi connectivity index (χ3n) is 13.1. The van der Waals surface area contributed by atoms with E-state index in [0.29, 0.717) is 52.8 Å². The number of nitrogens with zero attached hydrogens (tertiary/aromatic N) is 3. The molecule has 5 atom stereocenters. The van der Waals surface area contributed by atoms with Gasteiger partial charge >= 0.3 is 6.09 Å². The van der Waals surface area contributed by atoms with Crippen molar-refractivity contribution in [2.75, 3.05) is 13.7 Å². The van der Waals surface area contributed by atoms with E-state index in [1.165, 1.54) is 32.1 Å². The number of aliphatic imine (C=N–C) groups is 1. The number of aromatic amines is 1. The second-order valence-corrected chi connectivity index (χ2v) is 16.9. The number of rotatable bonds is 7. The summed E-state index contributed by atoms with van der Waals surface area (Å²) in [5.41, 5.74) is 7.33. The lowest BCUT2D eigenvalue weighted by Gasteiger charge is -2.30. The highest BCUT2D eigenvalue weighted by atomic mass is 19.3. The van der Waals surface area contributed by atoms with Crippen LogP contribution in [0, 0.1) is 17.3 Å². The number of ether oxygens (including phenoxy) is 1. The van der Waals surface area contributed by atoms with Gasteiger partial charge in [0.15, 0.2) is 0 Å². The number of fused-ring (bicyclic) bond motifs is 6. The van der Waals surface area contributed by atoms with Crippen LogP contribution in [-0.2, 0) is 21.9 Å². The summed E-state index contributed by atoms with van der Waals surface area (Å²) in [4.78, 5) is 40.9. The van der Waals surface area contributed by atoms with E-state index in [1.54, 1.807) is 24.4 Å². The monoisotopic (exact) mass is 730 g/mol. The third-order valence-corrected chi connectivity index (χ3v) is 13.1. The number of H-pyrrole nitrogens is 1. The van der Waals surface area contributed by atoms with Crippen LogP contribution in [0.1, 0.15) is 80.9 Å². The van der Waals surface area contributed by atoms with Gasteiger partial charge in [-0.3, -0.25) is 9.79 Å². The maximum absolute atomic E-state index is 16.4. The number of amides is 2. The Morgan fingerprint density at radius 3 is 2.39 bits per heavy atom. The van der Waals surface area contributed by atoms with Gasteiger partial charge in [0.2, 0.25) is 5.91 Å². The van der Waals surface area contributed by atoms with E-state index in [2.05, 4.69) is 21.7 Å². The van der Waals surface area contributed by atoms with E-state index in [-0.39, 0.29) is 34.4 Å².